The van der Waals surface area contributed by atoms with E-state index in [1.54, 1.807) is 0 Å². The molecule has 1 aliphatic heterocycles. The topological polar surface area (TPSA) is 34.8 Å². The van der Waals surface area contributed by atoms with E-state index in [0.717, 1.165) is 61.3 Å². The van der Waals surface area contributed by atoms with Crippen molar-refractivity contribution in [3.8, 4) is 45.3 Å². The van der Waals surface area contributed by atoms with Gasteiger partial charge in [0.25, 0.3) is 0 Å². The van der Waals surface area contributed by atoms with Crippen molar-refractivity contribution in [1.82, 2.24) is 0 Å². The maximum atomic E-state index is 7.07. The van der Waals surface area contributed by atoms with E-state index in [4.69, 9.17) is 13.9 Å². The third-order valence-electron chi connectivity index (χ3n) is 11.2. The second kappa shape index (κ2) is 10.4. The van der Waals surface area contributed by atoms with Crippen LogP contribution in [0.1, 0.15) is 22.3 Å². The van der Waals surface area contributed by atoms with Crippen LogP contribution in [0.15, 0.2) is 168 Å². The van der Waals surface area contributed by atoms with Crippen LogP contribution in [-0.2, 0) is 5.41 Å². The molecule has 246 valence electrons. The Kier molecular flexibility index (Phi) is 5.60. The summed E-state index contributed by atoms with van der Waals surface area (Å²) in [6.07, 6.45) is 0. The fourth-order valence-corrected chi connectivity index (χ4v) is 9.16. The van der Waals surface area contributed by atoms with Gasteiger partial charge >= 0.3 is 0 Å². The standard InChI is InChI=1S/C49H27NO3/c1-2-14-30(15-3-1)50(39-23-12-26-42-46(39)34-19-7-11-25-41(34)51-42)40-24-13-27-43-47(40)52-44-29-28-38-45(48(44)53-43)33-18-6-10-22-37(33)49(38)35-20-8-4-16-31(35)32-17-5-9-21-36(32)49/h1-9,11-21,23-29H. The van der Waals surface area contributed by atoms with Crippen LogP contribution in [0.2, 0.25) is 0 Å². The minimum Gasteiger partial charge on any atom is -0.456 e. The fourth-order valence-electron chi connectivity index (χ4n) is 9.16. The van der Waals surface area contributed by atoms with Gasteiger partial charge < -0.3 is 18.8 Å². The highest BCUT2D eigenvalue weighted by atomic mass is 16.6. The Hall–Kier alpha value is -7.22. The normalized spacial score (nSPS) is 13.6. The lowest BCUT2D eigenvalue weighted by atomic mass is 9.71. The van der Waals surface area contributed by atoms with Crippen LogP contribution in [0, 0.1) is 12.1 Å². The molecule has 0 N–H and O–H groups in total. The van der Waals surface area contributed by atoms with Gasteiger partial charge in [0.15, 0.2) is 23.0 Å². The summed E-state index contributed by atoms with van der Waals surface area (Å²) in [5.74, 6) is 2.67. The Morgan fingerprint density at radius 1 is 0.491 bits per heavy atom. The van der Waals surface area contributed by atoms with Crippen LogP contribution in [0.3, 0.4) is 0 Å². The summed E-state index contributed by atoms with van der Waals surface area (Å²) in [7, 11) is 0. The summed E-state index contributed by atoms with van der Waals surface area (Å²) in [6.45, 7) is 0. The monoisotopic (exact) mass is 677 g/mol. The summed E-state index contributed by atoms with van der Waals surface area (Å²) in [6, 6.07) is 63.7. The van der Waals surface area contributed by atoms with Crippen LogP contribution in [0.25, 0.3) is 44.2 Å². The molecule has 4 heteroatoms. The van der Waals surface area contributed by atoms with Gasteiger partial charge in [-0.25, -0.2) is 0 Å². The van der Waals surface area contributed by atoms with Crippen molar-refractivity contribution < 1.29 is 13.9 Å². The molecule has 9 aromatic rings. The van der Waals surface area contributed by atoms with Gasteiger partial charge in [-0.1, -0.05) is 115 Å². The molecule has 0 amide bonds. The molecule has 0 bridgehead atoms. The molecule has 12 rings (SSSR count). The Labute approximate surface area is 305 Å². The zero-order valence-electron chi connectivity index (χ0n) is 28.3. The summed E-state index contributed by atoms with van der Waals surface area (Å²) in [5, 5.41) is 2.09. The van der Waals surface area contributed by atoms with Gasteiger partial charge in [-0.15, -0.1) is 0 Å². The van der Waals surface area contributed by atoms with E-state index in [-0.39, 0.29) is 0 Å². The third kappa shape index (κ3) is 3.65. The van der Waals surface area contributed by atoms with Crippen molar-refractivity contribution in [1.29, 1.82) is 0 Å². The first-order valence-corrected chi connectivity index (χ1v) is 17.8. The average molecular weight is 678 g/mol. The number of nitrogens with zero attached hydrogens (tertiary/aromatic N) is 1. The fraction of sp³-hybridized carbons (Fsp3) is 0.0204. The molecule has 3 aliphatic rings. The van der Waals surface area contributed by atoms with Crippen LogP contribution in [0.4, 0.5) is 17.1 Å². The minimum absolute atomic E-state index is 0.549. The Morgan fingerprint density at radius 3 is 2.02 bits per heavy atom. The highest BCUT2D eigenvalue weighted by Gasteiger charge is 2.53. The lowest BCUT2D eigenvalue weighted by molar-refractivity contribution is 0.361. The molecule has 2 heterocycles. The summed E-state index contributed by atoms with van der Waals surface area (Å²) >= 11 is 0. The Bertz CT molecular complexity index is 2930. The van der Waals surface area contributed by atoms with Gasteiger partial charge in [-0.3, -0.25) is 0 Å². The van der Waals surface area contributed by atoms with E-state index in [0.29, 0.717) is 23.0 Å². The van der Waals surface area contributed by atoms with E-state index < -0.39 is 5.41 Å². The van der Waals surface area contributed by atoms with Crippen molar-refractivity contribution in [2.45, 2.75) is 5.41 Å². The first-order chi connectivity index (χ1) is 26.3. The number of hydrogen-bond acceptors (Lipinski definition) is 4. The average Bonchev–Trinajstić information content (AvgIpc) is 3.85. The number of fused-ring (bicyclic) bond motifs is 16. The molecule has 0 fully saturated rings. The van der Waals surface area contributed by atoms with Crippen LogP contribution < -0.4 is 14.4 Å². The molecule has 1 aromatic heterocycles. The van der Waals surface area contributed by atoms with Gasteiger partial charge in [0.05, 0.1) is 22.2 Å². The zero-order valence-corrected chi connectivity index (χ0v) is 28.3. The highest BCUT2D eigenvalue weighted by Crippen LogP contribution is 2.66. The predicted molar refractivity (Wildman–Crippen MR) is 209 cm³/mol. The first-order valence-electron chi connectivity index (χ1n) is 17.8. The van der Waals surface area contributed by atoms with Gasteiger partial charge in [0.1, 0.15) is 11.2 Å². The maximum Gasteiger partial charge on any atom is 0.194 e. The number of rotatable bonds is 3. The van der Waals surface area contributed by atoms with E-state index in [1.165, 1.54) is 22.3 Å². The number of ether oxygens (including phenoxy) is 2. The molecule has 4 nitrogen and oxygen atoms in total. The molecule has 53 heavy (non-hydrogen) atoms. The van der Waals surface area contributed by atoms with Crippen molar-refractivity contribution in [3.05, 3.63) is 198 Å². The van der Waals surface area contributed by atoms with Gasteiger partial charge in [0, 0.05) is 22.2 Å². The number of hydrogen-bond donors (Lipinski definition) is 0. The maximum absolute atomic E-state index is 7.07. The number of furan rings is 1. The summed E-state index contributed by atoms with van der Waals surface area (Å²) < 4.78 is 20.4. The third-order valence-corrected chi connectivity index (χ3v) is 11.2. The number of benzene rings is 7. The van der Waals surface area contributed by atoms with E-state index in [2.05, 4.69) is 132 Å². The van der Waals surface area contributed by atoms with Crippen molar-refractivity contribution >= 4 is 39.0 Å². The molecule has 1 spiro atoms. The predicted octanol–water partition coefficient (Wildman–Crippen LogP) is 12.9. The zero-order chi connectivity index (χ0) is 34.7. The number of para-hydroxylation sites is 3. The Balaban J connectivity index is 1.07. The highest BCUT2D eigenvalue weighted by molar-refractivity contribution is 6.13. The van der Waals surface area contributed by atoms with Crippen LogP contribution >= 0.6 is 0 Å². The van der Waals surface area contributed by atoms with Gasteiger partial charge in [-0.05, 0) is 94.0 Å². The molecule has 0 saturated carbocycles. The smallest absolute Gasteiger partial charge is 0.194 e. The molecule has 8 aromatic carbocycles. The molecular weight excluding hydrogens is 651 g/mol. The molecule has 0 saturated heterocycles. The molecule has 0 atom stereocenters. The first kappa shape index (κ1) is 28.5. The minimum atomic E-state index is -0.549. The molecular formula is C49H27NO3. The lowest BCUT2D eigenvalue weighted by Gasteiger charge is -2.32. The molecule has 0 unspecified atom stereocenters. The molecule has 0 radical (unpaired) electrons. The van der Waals surface area contributed by atoms with Crippen molar-refractivity contribution in [3.63, 3.8) is 0 Å². The Morgan fingerprint density at radius 2 is 1.17 bits per heavy atom. The van der Waals surface area contributed by atoms with Crippen LogP contribution in [0.5, 0.6) is 23.0 Å². The van der Waals surface area contributed by atoms with E-state index >= 15 is 0 Å². The van der Waals surface area contributed by atoms with Crippen LogP contribution in [-0.4, -0.2) is 0 Å². The van der Waals surface area contributed by atoms with Gasteiger partial charge in [-0.2, -0.15) is 0 Å². The second-order valence-corrected chi connectivity index (χ2v) is 13.8. The largest absolute Gasteiger partial charge is 0.456 e. The lowest BCUT2D eigenvalue weighted by Crippen LogP contribution is -2.25. The van der Waals surface area contributed by atoms with Gasteiger partial charge in [0.2, 0.25) is 0 Å². The van der Waals surface area contributed by atoms with Crippen molar-refractivity contribution in [2.75, 3.05) is 4.90 Å². The SMILES string of the molecule is c1ccc2c(c#1)C1(c3ccccc3-c3ccccc31)c1ccc3c(c1-2)Oc1cccc(N(c2ccccc2)c2cccc4oc5ccccc5c24)c1O3. The summed E-state index contributed by atoms with van der Waals surface area (Å²) in [4.78, 5) is 2.24. The van der Waals surface area contributed by atoms with Crippen molar-refractivity contribution in [2.24, 2.45) is 0 Å². The second-order valence-electron chi connectivity index (χ2n) is 13.8. The molecule has 2 aliphatic carbocycles. The number of anilines is 3. The quantitative estimate of drug-likeness (QED) is 0.186. The van der Waals surface area contributed by atoms with E-state index in [1.807, 2.05) is 48.5 Å². The van der Waals surface area contributed by atoms with E-state index in [9.17, 15) is 0 Å². The summed E-state index contributed by atoms with van der Waals surface area (Å²) in [5.41, 5.74) is 13.3.